The van der Waals surface area contributed by atoms with Crippen molar-refractivity contribution in [2.24, 2.45) is 5.73 Å². The van der Waals surface area contributed by atoms with Crippen LogP contribution in [0, 0.1) is 5.41 Å². The molecule has 3 rings (SSSR count). The van der Waals surface area contributed by atoms with Gasteiger partial charge in [0.1, 0.15) is 17.7 Å². The van der Waals surface area contributed by atoms with Gasteiger partial charge in [0.15, 0.2) is 0 Å². The minimum Gasteiger partial charge on any atom is -0.497 e. The number of nitrogens with zero attached hydrogens (tertiary/aromatic N) is 3. The predicted molar refractivity (Wildman–Crippen MR) is 125 cm³/mol. The standard InChI is InChI=1S/C22H29N5O5S/c1-25(12-13-26(2)33(29,30)20-10-8-18(31-3)9-11-20)14-19-15-27(22(28)32-19)17-6-4-16(5-7-17)21(23)24/h4-11,19H,12-15H2,1-3H3,(H3,23,24). The molecule has 0 radical (unpaired) electrons. The first-order valence-corrected chi connectivity index (χ1v) is 11.8. The summed E-state index contributed by atoms with van der Waals surface area (Å²) in [7, 11) is 1.30. The van der Waals surface area contributed by atoms with Crippen molar-refractivity contribution in [1.82, 2.24) is 9.21 Å². The summed E-state index contributed by atoms with van der Waals surface area (Å²) in [6, 6.07) is 13.1. The van der Waals surface area contributed by atoms with E-state index < -0.39 is 16.1 Å². The Morgan fingerprint density at radius 3 is 2.36 bits per heavy atom. The third-order valence-electron chi connectivity index (χ3n) is 5.44. The maximum atomic E-state index is 12.8. The number of amidine groups is 1. The number of carbonyl (C=O) groups excluding carboxylic acids is 1. The maximum Gasteiger partial charge on any atom is 0.414 e. The highest BCUT2D eigenvalue weighted by Gasteiger charge is 2.33. The van der Waals surface area contributed by atoms with Gasteiger partial charge in [0.25, 0.3) is 0 Å². The number of hydrogen-bond acceptors (Lipinski definition) is 7. The molecule has 1 atom stereocenters. The van der Waals surface area contributed by atoms with Crippen LogP contribution in [0.4, 0.5) is 10.5 Å². The normalized spacial score (nSPS) is 16.3. The lowest BCUT2D eigenvalue weighted by atomic mass is 10.2. The summed E-state index contributed by atoms with van der Waals surface area (Å²) in [6.45, 7) is 1.59. The maximum absolute atomic E-state index is 12.8. The smallest absolute Gasteiger partial charge is 0.414 e. The molecule has 11 heteroatoms. The van der Waals surface area contributed by atoms with Crippen LogP contribution < -0.4 is 15.4 Å². The van der Waals surface area contributed by atoms with Crippen molar-refractivity contribution in [3.63, 3.8) is 0 Å². The van der Waals surface area contributed by atoms with Crippen LogP contribution in [-0.4, -0.2) is 83.0 Å². The summed E-state index contributed by atoms with van der Waals surface area (Å²) in [4.78, 5) is 16.0. The molecular weight excluding hydrogens is 446 g/mol. The molecule has 1 aliphatic heterocycles. The Hall–Kier alpha value is -3.15. The van der Waals surface area contributed by atoms with Gasteiger partial charge in [-0.25, -0.2) is 13.2 Å². The molecule has 33 heavy (non-hydrogen) atoms. The van der Waals surface area contributed by atoms with E-state index in [4.69, 9.17) is 20.6 Å². The van der Waals surface area contributed by atoms with Crippen LogP contribution in [0.2, 0.25) is 0 Å². The molecular formula is C22H29N5O5S. The average Bonchev–Trinajstić information content (AvgIpc) is 3.17. The van der Waals surface area contributed by atoms with Crippen LogP contribution in [0.5, 0.6) is 5.75 Å². The van der Waals surface area contributed by atoms with E-state index in [1.54, 1.807) is 36.4 Å². The number of amides is 1. The van der Waals surface area contributed by atoms with Crippen molar-refractivity contribution in [3.05, 3.63) is 54.1 Å². The van der Waals surface area contributed by atoms with Gasteiger partial charge in [-0.3, -0.25) is 10.3 Å². The molecule has 0 bridgehead atoms. The van der Waals surface area contributed by atoms with Crippen molar-refractivity contribution in [2.75, 3.05) is 52.3 Å². The molecule has 1 unspecified atom stereocenters. The van der Waals surface area contributed by atoms with Crippen molar-refractivity contribution >= 4 is 27.6 Å². The number of sulfonamides is 1. The second-order valence-electron chi connectivity index (χ2n) is 7.84. The van der Waals surface area contributed by atoms with Gasteiger partial charge in [0.2, 0.25) is 10.0 Å². The lowest BCUT2D eigenvalue weighted by molar-refractivity contribution is 0.116. The van der Waals surface area contributed by atoms with Crippen molar-refractivity contribution in [1.29, 1.82) is 5.41 Å². The van der Waals surface area contributed by atoms with Crippen LogP contribution in [0.3, 0.4) is 0 Å². The summed E-state index contributed by atoms with van der Waals surface area (Å²) in [5.41, 5.74) is 6.72. The topological polar surface area (TPSA) is 129 Å². The molecule has 0 aliphatic carbocycles. The lowest BCUT2D eigenvalue weighted by Gasteiger charge is -2.23. The van der Waals surface area contributed by atoms with Gasteiger partial charge in [-0.05, 0) is 55.6 Å². The highest BCUT2D eigenvalue weighted by Crippen LogP contribution is 2.23. The zero-order valence-electron chi connectivity index (χ0n) is 18.9. The Kier molecular flexibility index (Phi) is 7.57. The number of nitrogens with one attached hydrogen (secondary N) is 1. The highest BCUT2D eigenvalue weighted by atomic mass is 32.2. The van der Waals surface area contributed by atoms with E-state index in [-0.39, 0.29) is 23.4 Å². The second-order valence-corrected chi connectivity index (χ2v) is 9.89. The first-order valence-electron chi connectivity index (χ1n) is 10.3. The Morgan fingerprint density at radius 2 is 1.79 bits per heavy atom. The van der Waals surface area contributed by atoms with Crippen LogP contribution in [0.25, 0.3) is 0 Å². The molecule has 0 spiro atoms. The first-order chi connectivity index (χ1) is 15.6. The summed E-state index contributed by atoms with van der Waals surface area (Å²) < 4.78 is 37.4. The zero-order chi connectivity index (χ0) is 24.2. The third-order valence-corrected chi connectivity index (χ3v) is 7.31. The van der Waals surface area contributed by atoms with Crippen LogP contribution in [0.15, 0.2) is 53.4 Å². The van der Waals surface area contributed by atoms with Gasteiger partial charge >= 0.3 is 6.09 Å². The predicted octanol–water partition coefficient (Wildman–Crippen LogP) is 1.56. The first kappa shape index (κ1) is 24.5. The quantitative estimate of drug-likeness (QED) is 0.394. The fraction of sp³-hybridized carbons (Fsp3) is 0.364. The van der Waals surface area contributed by atoms with E-state index in [0.717, 1.165) is 0 Å². The molecule has 10 nitrogen and oxygen atoms in total. The number of cyclic esters (lactones) is 1. The van der Waals surface area contributed by atoms with Crippen molar-refractivity contribution in [3.8, 4) is 5.75 Å². The monoisotopic (exact) mass is 475 g/mol. The molecule has 1 aliphatic rings. The van der Waals surface area contributed by atoms with E-state index in [0.29, 0.717) is 36.6 Å². The summed E-state index contributed by atoms with van der Waals surface area (Å²) in [5, 5.41) is 7.46. The fourth-order valence-electron chi connectivity index (χ4n) is 3.45. The molecule has 0 aromatic heterocycles. The number of anilines is 1. The van der Waals surface area contributed by atoms with Gasteiger partial charge in [-0.15, -0.1) is 0 Å². The number of hydrogen-bond donors (Lipinski definition) is 2. The third kappa shape index (κ3) is 5.81. The molecule has 178 valence electrons. The molecule has 3 N–H and O–H groups in total. The van der Waals surface area contributed by atoms with E-state index in [2.05, 4.69) is 0 Å². The van der Waals surface area contributed by atoms with E-state index in [9.17, 15) is 13.2 Å². The number of nitrogens with two attached hydrogens (primary N) is 1. The van der Waals surface area contributed by atoms with Crippen LogP contribution in [-0.2, 0) is 14.8 Å². The van der Waals surface area contributed by atoms with E-state index in [1.165, 1.54) is 35.5 Å². The van der Waals surface area contributed by atoms with E-state index >= 15 is 0 Å². The molecule has 1 fully saturated rings. The average molecular weight is 476 g/mol. The lowest BCUT2D eigenvalue weighted by Crippen LogP contribution is -2.38. The second kappa shape index (κ2) is 10.2. The number of rotatable bonds is 10. The number of benzene rings is 2. The van der Waals surface area contributed by atoms with Crippen molar-refractivity contribution in [2.45, 2.75) is 11.0 Å². The molecule has 2 aromatic rings. The summed E-state index contributed by atoms with van der Waals surface area (Å²) in [6.07, 6.45) is -0.790. The van der Waals surface area contributed by atoms with Crippen LogP contribution in [0.1, 0.15) is 5.56 Å². The zero-order valence-corrected chi connectivity index (χ0v) is 19.7. The Labute approximate surface area is 194 Å². The van der Waals surface area contributed by atoms with Crippen molar-refractivity contribution < 1.29 is 22.7 Å². The molecule has 0 saturated carbocycles. The highest BCUT2D eigenvalue weighted by molar-refractivity contribution is 7.89. The Morgan fingerprint density at radius 1 is 1.15 bits per heavy atom. The number of nitrogen functional groups attached to an aromatic ring is 1. The number of carbonyl (C=O) groups is 1. The van der Waals surface area contributed by atoms with E-state index in [1.807, 2.05) is 11.9 Å². The molecule has 1 saturated heterocycles. The molecule has 2 aromatic carbocycles. The van der Waals surface area contributed by atoms with Gasteiger partial charge in [-0.2, -0.15) is 4.31 Å². The largest absolute Gasteiger partial charge is 0.497 e. The van der Waals surface area contributed by atoms with Gasteiger partial charge in [0.05, 0.1) is 18.6 Å². The minimum absolute atomic E-state index is 0.0379. The molecule has 1 heterocycles. The number of ether oxygens (including phenoxy) is 2. The SMILES string of the molecule is COc1ccc(S(=O)(=O)N(C)CCN(C)CC2CN(c3ccc(C(=N)N)cc3)C(=O)O2)cc1. The minimum atomic E-state index is -3.62. The van der Waals surface area contributed by atoms with Gasteiger partial charge in [0, 0.05) is 37.9 Å². The summed E-state index contributed by atoms with van der Waals surface area (Å²) in [5.74, 6) is 0.551. The van der Waals surface area contributed by atoms with Crippen LogP contribution >= 0.6 is 0 Å². The Bertz CT molecular complexity index is 1090. The number of methoxy groups -OCH3 is 1. The molecule has 1 amide bonds. The number of likely N-dealkylation sites (N-methyl/N-ethyl adjacent to an activating group) is 2. The fourth-order valence-corrected chi connectivity index (χ4v) is 4.61. The van der Waals surface area contributed by atoms with Gasteiger partial charge in [-0.1, -0.05) is 0 Å². The summed E-state index contributed by atoms with van der Waals surface area (Å²) >= 11 is 0. The Balaban J connectivity index is 1.52. The van der Waals surface area contributed by atoms with Gasteiger partial charge < -0.3 is 20.1 Å².